The van der Waals surface area contributed by atoms with Crippen molar-refractivity contribution in [2.45, 2.75) is 25.7 Å². The van der Waals surface area contributed by atoms with E-state index in [-0.39, 0.29) is 0 Å². The summed E-state index contributed by atoms with van der Waals surface area (Å²) in [4.78, 5) is 4.53. The molecule has 1 aliphatic rings. The smallest absolute Gasteiger partial charge is 0.231 e. The third kappa shape index (κ3) is 2.12. The van der Waals surface area contributed by atoms with Crippen LogP contribution in [0.15, 0.2) is 15.3 Å². The summed E-state index contributed by atoms with van der Waals surface area (Å²) in [6.07, 6.45) is 2.32. The molecule has 1 aliphatic heterocycles. The van der Waals surface area contributed by atoms with Crippen molar-refractivity contribution >= 4 is 11.3 Å². The highest BCUT2D eigenvalue weighted by molar-refractivity contribution is 7.08. The molecule has 0 aromatic carbocycles. The largest absolute Gasteiger partial charge is 0.339 e. The molecule has 0 spiro atoms. The number of nitrogens with zero attached hydrogens (tertiary/aromatic N) is 2. The van der Waals surface area contributed by atoms with Gasteiger partial charge in [0.1, 0.15) is 0 Å². The fourth-order valence-corrected chi connectivity index (χ4v) is 2.99. The summed E-state index contributed by atoms with van der Waals surface area (Å²) in [5.41, 5.74) is 2.30. The van der Waals surface area contributed by atoms with E-state index in [4.69, 9.17) is 4.52 Å². The number of thiophene rings is 1. The number of nitrogens with one attached hydrogen (secondary N) is 1. The zero-order valence-corrected chi connectivity index (χ0v) is 10.6. The molecule has 2 aromatic rings. The maximum atomic E-state index is 5.39. The van der Waals surface area contributed by atoms with Crippen LogP contribution in [0, 0.1) is 6.92 Å². The van der Waals surface area contributed by atoms with Gasteiger partial charge in [-0.2, -0.15) is 16.3 Å². The van der Waals surface area contributed by atoms with Gasteiger partial charge in [0.2, 0.25) is 11.7 Å². The van der Waals surface area contributed by atoms with Crippen LogP contribution in [0.25, 0.3) is 11.4 Å². The topological polar surface area (TPSA) is 51.0 Å². The van der Waals surface area contributed by atoms with Crippen LogP contribution in [0.2, 0.25) is 0 Å². The Morgan fingerprint density at radius 2 is 2.41 bits per heavy atom. The Kier molecular flexibility index (Phi) is 2.94. The lowest BCUT2D eigenvalue weighted by atomic mass is 10.00. The number of hydrogen-bond acceptors (Lipinski definition) is 5. The number of hydrogen-bond donors (Lipinski definition) is 1. The van der Waals surface area contributed by atoms with E-state index in [2.05, 4.69) is 33.1 Å². The van der Waals surface area contributed by atoms with E-state index in [1.165, 1.54) is 12.0 Å². The lowest BCUT2D eigenvalue weighted by molar-refractivity contribution is 0.322. The van der Waals surface area contributed by atoms with Gasteiger partial charge in [-0.15, -0.1) is 0 Å². The van der Waals surface area contributed by atoms with E-state index >= 15 is 0 Å². The highest BCUT2D eigenvalue weighted by Gasteiger charge is 2.22. The zero-order valence-electron chi connectivity index (χ0n) is 9.77. The quantitative estimate of drug-likeness (QED) is 0.888. The van der Waals surface area contributed by atoms with Crippen LogP contribution in [-0.4, -0.2) is 23.2 Å². The highest BCUT2D eigenvalue weighted by atomic mass is 32.1. The van der Waals surface area contributed by atoms with Gasteiger partial charge in [0, 0.05) is 17.5 Å². The molecule has 0 bridgehead atoms. The maximum Gasteiger partial charge on any atom is 0.231 e. The molecule has 1 N–H and O–H groups in total. The zero-order chi connectivity index (χ0) is 11.7. The Hall–Kier alpha value is -1.20. The number of aromatic nitrogens is 2. The molecule has 1 atom stereocenters. The van der Waals surface area contributed by atoms with Gasteiger partial charge in [0.15, 0.2) is 0 Å². The van der Waals surface area contributed by atoms with Gasteiger partial charge in [0.25, 0.3) is 0 Å². The van der Waals surface area contributed by atoms with E-state index in [1.54, 1.807) is 11.3 Å². The molecule has 5 heteroatoms. The van der Waals surface area contributed by atoms with E-state index in [9.17, 15) is 0 Å². The second kappa shape index (κ2) is 4.58. The number of piperidine rings is 1. The van der Waals surface area contributed by atoms with Crippen molar-refractivity contribution < 1.29 is 4.52 Å². The Morgan fingerprint density at radius 1 is 1.47 bits per heavy atom. The first-order valence-corrected chi connectivity index (χ1v) is 6.86. The Balaban J connectivity index is 1.85. The Bertz CT molecular complexity index is 499. The first-order chi connectivity index (χ1) is 8.34. The average Bonchev–Trinajstić information content (AvgIpc) is 2.98. The monoisotopic (exact) mass is 249 g/mol. The van der Waals surface area contributed by atoms with Gasteiger partial charge >= 0.3 is 0 Å². The van der Waals surface area contributed by atoms with Crippen molar-refractivity contribution in [3.63, 3.8) is 0 Å². The first kappa shape index (κ1) is 10.9. The van der Waals surface area contributed by atoms with Gasteiger partial charge in [0.05, 0.1) is 5.92 Å². The Morgan fingerprint density at radius 3 is 3.12 bits per heavy atom. The van der Waals surface area contributed by atoms with Crippen LogP contribution in [0.1, 0.15) is 30.2 Å². The predicted molar refractivity (Wildman–Crippen MR) is 67.2 cm³/mol. The molecule has 0 saturated carbocycles. The summed E-state index contributed by atoms with van der Waals surface area (Å²) < 4.78 is 5.39. The van der Waals surface area contributed by atoms with Crippen molar-refractivity contribution in [2.24, 2.45) is 0 Å². The SMILES string of the molecule is Cc1cscc1-c1noc([C@@H]2CCCNC2)n1. The van der Waals surface area contributed by atoms with Crippen LogP contribution < -0.4 is 5.32 Å². The molecule has 2 aromatic heterocycles. The van der Waals surface area contributed by atoms with Crippen LogP contribution >= 0.6 is 11.3 Å². The minimum Gasteiger partial charge on any atom is -0.339 e. The number of rotatable bonds is 2. The van der Waals surface area contributed by atoms with Crippen molar-refractivity contribution in [3.05, 3.63) is 22.2 Å². The van der Waals surface area contributed by atoms with Crippen molar-refractivity contribution in [3.8, 4) is 11.4 Å². The van der Waals surface area contributed by atoms with Crippen LogP contribution in [0.5, 0.6) is 0 Å². The third-order valence-corrected chi connectivity index (χ3v) is 4.05. The molecule has 17 heavy (non-hydrogen) atoms. The second-order valence-electron chi connectivity index (χ2n) is 4.47. The summed E-state index contributed by atoms with van der Waals surface area (Å²) >= 11 is 1.67. The lowest BCUT2D eigenvalue weighted by Gasteiger charge is -2.18. The van der Waals surface area contributed by atoms with E-state index in [1.807, 2.05) is 0 Å². The van der Waals surface area contributed by atoms with Crippen molar-refractivity contribution in [1.82, 2.24) is 15.5 Å². The molecule has 90 valence electrons. The second-order valence-corrected chi connectivity index (χ2v) is 5.21. The van der Waals surface area contributed by atoms with Crippen molar-refractivity contribution in [2.75, 3.05) is 13.1 Å². The molecule has 0 amide bonds. The summed E-state index contributed by atoms with van der Waals surface area (Å²) in [6.45, 7) is 4.12. The predicted octanol–water partition coefficient (Wildman–Crippen LogP) is 2.57. The van der Waals surface area contributed by atoms with Gasteiger partial charge < -0.3 is 9.84 Å². The number of aryl methyl sites for hydroxylation is 1. The molecule has 1 saturated heterocycles. The average molecular weight is 249 g/mol. The minimum absolute atomic E-state index is 0.379. The standard InChI is InChI=1S/C12H15N3OS/c1-8-6-17-7-10(8)11-14-12(16-15-11)9-3-2-4-13-5-9/h6-7,9,13H,2-5H2,1H3/t9-/m1/s1. The van der Waals surface area contributed by atoms with Gasteiger partial charge in [-0.3, -0.25) is 0 Å². The van der Waals surface area contributed by atoms with Crippen LogP contribution in [0.3, 0.4) is 0 Å². The van der Waals surface area contributed by atoms with E-state index < -0.39 is 0 Å². The van der Waals surface area contributed by atoms with Crippen LogP contribution in [-0.2, 0) is 0 Å². The molecular weight excluding hydrogens is 234 g/mol. The molecule has 0 unspecified atom stereocenters. The normalized spacial score (nSPS) is 20.6. The molecule has 4 nitrogen and oxygen atoms in total. The summed E-state index contributed by atoms with van der Waals surface area (Å²) in [5.74, 6) is 1.88. The van der Waals surface area contributed by atoms with E-state index in [0.717, 1.165) is 36.8 Å². The lowest BCUT2D eigenvalue weighted by Crippen LogP contribution is -2.28. The third-order valence-electron chi connectivity index (χ3n) is 3.18. The first-order valence-electron chi connectivity index (χ1n) is 5.92. The van der Waals surface area contributed by atoms with Gasteiger partial charge in [-0.25, -0.2) is 0 Å². The fourth-order valence-electron chi connectivity index (χ4n) is 2.16. The molecule has 3 heterocycles. The molecule has 1 fully saturated rings. The maximum absolute atomic E-state index is 5.39. The summed E-state index contributed by atoms with van der Waals surface area (Å²) in [7, 11) is 0. The van der Waals surface area contributed by atoms with Crippen molar-refractivity contribution in [1.29, 1.82) is 0 Å². The Labute approximate surface area is 104 Å². The molecule has 3 rings (SSSR count). The highest BCUT2D eigenvalue weighted by Crippen LogP contribution is 2.27. The molecular formula is C12H15N3OS. The summed E-state index contributed by atoms with van der Waals surface area (Å²) in [5, 5.41) is 11.6. The minimum atomic E-state index is 0.379. The molecule has 0 radical (unpaired) electrons. The van der Waals surface area contributed by atoms with Gasteiger partial charge in [-0.1, -0.05) is 5.16 Å². The van der Waals surface area contributed by atoms with Crippen LogP contribution in [0.4, 0.5) is 0 Å². The van der Waals surface area contributed by atoms with Gasteiger partial charge in [-0.05, 0) is 37.3 Å². The summed E-state index contributed by atoms with van der Waals surface area (Å²) in [6, 6.07) is 0. The molecule has 0 aliphatic carbocycles. The fraction of sp³-hybridized carbons (Fsp3) is 0.500. The van der Waals surface area contributed by atoms with E-state index in [0.29, 0.717) is 5.92 Å².